The summed E-state index contributed by atoms with van der Waals surface area (Å²) in [5.41, 5.74) is 16.6. The van der Waals surface area contributed by atoms with E-state index in [0.717, 1.165) is 16.7 Å². The number of carbonyl (C=O) groups excluding carboxylic acids is 4. The van der Waals surface area contributed by atoms with Gasteiger partial charge in [-0.1, -0.05) is 66.7 Å². The van der Waals surface area contributed by atoms with Crippen LogP contribution < -0.4 is 36.9 Å². The van der Waals surface area contributed by atoms with Crippen LogP contribution in [-0.2, 0) is 20.8 Å². The van der Waals surface area contributed by atoms with E-state index in [1.54, 1.807) is 30.3 Å². The average molecular weight is 719 g/mol. The highest BCUT2D eigenvalue weighted by Crippen LogP contribution is 2.40. The van der Waals surface area contributed by atoms with Gasteiger partial charge in [0.05, 0.1) is 13.1 Å². The van der Waals surface area contributed by atoms with E-state index < -0.39 is 23.8 Å². The van der Waals surface area contributed by atoms with Crippen molar-refractivity contribution in [3.8, 4) is 22.6 Å². The van der Waals surface area contributed by atoms with Crippen LogP contribution in [0.15, 0.2) is 91.0 Å². The fourth-order valence-corrected chi connectivity index (χ4v) is 6.01. The van der Waals surface area contributed by atoms with Crippen molar-refractivity contribution in [3.05, 3.63) is 119 Å². The van der Waals surface area contributed by atoms with E-state index >= 15 is 0 Å². The summed E-state index contributed by atoms with van der Waals surface area (Å²) in [4.78, 5) is 54.7. The van der Waals surface area contributed by atoms with Crippen LogP contribution >= 0.6 is 0 Å². The molecule has 4 bridgehead atoms. The number of nitrogens with zero attached hydrogens (tertiary/aromatic N) is 1. The zero-order valence-corrected chi connectivity index (χ0v) is 30.0. The van der Waals surface area contributed by atoms with Gasteiger partial charge in [0.25, 0.3) is 5.91 Å². The number of nitrogens with two attached hydrogens (primary N) is 2. The van der Waals surface area contributed by atoms with Gasteiger partial charge in [0.2, 0.25) is 17.7 Å². The highest BCUT2D eigenvalue weighted by molar-refractivity contribution is 5.98. The number of likely N-dealkylation sites (N-methyl/N-ethyl adjacent to an activating group) is 1. The molecule has 276 valence electrons. The summed E-state index contributed by atoms with van der Waals surface area (Å²) in [6.45, 7) is 2.28. The summed E-state index contributed by atoms with van der Waals surface area (Å²) in [5.74, 6) is -0.880. The highest BCUT2D eigenvalue weighted by atomic mass is 16.5. The Bertz CT molecular complexity index is 1930. The van der Waals surface area contributed by atoms with Crippen molar-refractivity contribution < 1.29 is 28.7 Å². The maximum Gasteiger partial charge on any atom is 0.251 e. The first-order valence-electron chi connectivity index (χ1n) is 17.5. The van der Waals surface area contributed by atoms with Crippen molar-refractivity contribution in [1.29, 1.82) is 0 Å². The van der Waals surface area contributed by atoms with E-state index in [1.807, 2.05) is 79.7 Å². The molecule has 0 aromatic heterocycles. The van der Waals surface area contributed by atoms with Crippen LogP contribution in [0.5, 0.6) is 11.5 Å². The van der Waals surface area contributed by atoms with Gasteiger partial charge in [0.1, 0.15) is 30.8 Å². The van der Waals surface area contributed by atoms with Gasteiger partial charge in [-0.3, -0.25) is 19.2 Å². The van der Waals surface area contributed by atoms with E-state index in [9.17, 15) is 19.2 Å². The van der Waals surface area contributed by atoms with Gasteiger partial charge in [0.15, 0.2) is 0 Å². The van der Waals surface area contributed by atoms with Gasteiger partial charge >= 0.3 is 0 Å². The van der Waals surface area contributed by atoms with Crippen molar-refractivity contribution in [1.82, 2.24) is 20.9 Å². The van der Waals surface area contributed by atoms with E-state index in [4.69, 9.17) is 20.9 Å². The van der Waals surface area contributed by atoms with Crippen LogP contribution in [0.25, 0.3) is 23.3 Å². The van der Waals surface area contributed by atoms with Crippen LogP contribution in [0.4, 0.5) is 0 Å². The van der Waals surface area contributed by atoms with Crippen LogP contribution in [0.3, 0.4) is 0 Å². The number of fused-ring (bicyclic) bond motifs is 5. The number of rotatable bonds is 12. The van der Waals surface area contributed by atoms with E-state index in [0.29, 0.717) is 46.7 Å². The summed E-state index contributed by atoms with van der Waals surface area (Å²) in [7, 11) is 1.48. The lowest BCUT2D eigenvalue weighted by Crippen LogP contribution is -2.48. The molecule has 0 aliphatic carbocycles. The molecular weight excluding hydrogens is 672 g/mol. The summed E-state index contributed by atoms with van der Waals surface area (Å²) < 4.78 is 12.1. The third kappa shape index (κ3) is 10.3. The fraction of sp³-hybridized carbons (Fsp3) is 0.268. The second kappa shape index (κ2) is 18.5. The lowest BCUT2D eigenvalue weighted by atomic mass is 9.94. The fourth-order valence-electron chi connectivity index (χ4n) is 6.01. The maximum atomic E-state index is 13.9. The summed E-state index contributed by atoms with van der Waals surface area (Å²) in [5, 5.41) is 8.28. The Labute approximate surface area is 309 Å². The standard InChI is InChI=1S/C41H46N6O6/c1-27-22-30-12-16-35(52-20-18-42)33(23-30)34-24-32(15-17-36(34)53-21-19-43)39(41(51)44-25-37(48)46-27)47(2)38(49)26-45-40(50)31-13-10-29(11-14-31)9-8-28-6-4-3-5-7-28/h3-17,23-24,27,39H,18-22,25-26,42-43H2,1-2H3,(H,44,51)(H,45,50)(H,46,48)/b9-8+. The average Bonchev–Trinajstić information content (AvgIpc) is 3.17. The summed E-state index contributed by atoms with van der Waals surface area (Å²) in [6, 6.07) is 26.4. The molecule has 2 atom stereocenters. The Morgan fingerprint density at radius 2 is 1.47 bits per heavy atom. The number of benzene rings is 4. The molecule has 0 spiro atoms. The normalized spacial score (nSPS) is 15.8. The Hall–Kier alpha value is -5.98. The molecule has 1 heterocycles. The monoisotopic (exact) mass is 718 g/mol. The molecule has 53 heavy (non-hydrogen) atoms. The molecule has 4 aromatic rings. The molecule has 0 saturated heterocycles. The quantitative estimate of drug-likeness (QED) is 0.139. The molecule has 2 unspecified atom stereocenters. The number of carbonyl (C=O) groups is 4. The number of hydrogen-bond donors (Lipinski definition) is 5. The zero-order chi connectivity index (χ0) is 37.7. The van der Waals surface area contributed by atoms with E-state index in [2.05, 4.69) is 16.0 Å². The Morgan fingerprint density at radius 1 is 0.849 bits per heavy atom. The van der Waals surface area contributed by atoms with Crippen LogP contribution in [0.2, 0.25) is 0 Å². The van der Waals surface area contributed by atoms with Crippen molar-refractivity contribution >= 4 is 35.8 Å². The molecule has 0 fully saturated rings. The van der Waals surface area contributed by atoms with E-state index in [1.165, 1.54) is 11.9 Å². The number of hydrogen-bond acceptors (Lipinski definition) is 8. The van der Waals surface area contributed by atoms with Crippen molar-refractivity contribution in [2.75, 3.05) is 46.4 Å². The minimum absolute atomic E-state index is 0.239. The van der Waals surface area contributed by atoms with Gasteiger partial charge in [-0.05, 0) is 72.0 Å². The molecule has 7 N–H and O–H groups in total. The molecule has 1 aliphatic heterocycles. The Morgan fingerprint density at radius 3 is 2.13 bits per heavy atom. The van der Waals surface area contributed by atoms with Crippen molar-refractivity contribution in [3.63, 3.8) is 0 Å². The molecule has 4 amide bonds. The molecule has 5 rings (SSSR count). The topological polar surface area (TPSA) is 178 Å². The Kier molecular flexibility index (Phi) is 13.3. The minimum atomic E-state index is -1.18. The van der Waals surface area contributed by atoms with Gasteiger partial charge in [-0.15, -0.1) is 0 Å². The summed E-state index contributed by atoms with van der Waals surface area (Å²) >= 11 is 0. The third-order valence-corrected chi connectivity index (χ3v) is 8.65. The molecule has 12 nitrogen and oxygen atoms in total. The smallest absolute Gasteiger partial charge is 0.251 e. The van der Waals surface area contributed by atoms with E-state index in [-0.39, 0.29) is 44.8 Å². The molecule has 4 aromatic carbocycles. The number of ether oxygens (including phenoxy) is 2. The first kappa shape index (κ1) is 38.3. The predicted molar refractivity (Wildman–Crippen MR) is 205 cm³/mol. The lowest BCUT2D eigenvalue weighted by molar-refractivity contribution is -0.139. The molecule has 1 aliphatic rings. The first-order valence-corrected chi connectivity index (χ1v) is 17.5. The predicted octanol–water partition coefficient (Wildman–Crippen LogP) is 3.31. The molecule has 0 saturated carbocycles. The van der Waals surface area contributed by atoms with Crippen LogP contribution in [0, 0.1) is 0 Å². The van der Waals surface area contributed by atoms with Gasteiger partial charge in [0, 0.05) is 42.9 Å². The Balaban J connectivity index is 1.42. The second-order valence-electron chi connectivity index (χ2n) is 12.7. The first-order chi connectivity index (χ1) is 25.7. The number of amides is 4. The van der Waals surface area contributed by atoms with Gasteiger partial charge < -0.3 is 41.8 Å². The van der Waals surface area contributed by atoms with Crippen LogP contribution in [-0.4, -0.2) is 81.0 Å². The maximum absolute atomic E-state index is 13.9. The number of nitrogens with one attached hydrogen (secondary N) is 3. The second-order valence-corrected chi connectivity index (χ2v) is 12.7. The van der Waals surface area contributed by atoms with Gasteiger partial charge in [-0.25, -0.2) is 0 Å². The molecule has 12 heteroatoms. The molecular formula is C41H46N6O6. The molecule has 0 radical (unpaired) electrons. The van der Waals surface area contributed by atoms with Crippen molar-refractivity contribution in [2.24, 2.45) is 11.5 Å². The minimum Gasteiger partial charge on any atom is -0.492 e. The summed E-state index contributed by atoms with van der Waals surface area (Å²) in [6.07, 6.45) is 4.45. The lowest BCUT2D eigenvalue weighted by Gasteiger charge is -2.29. The SMILES string of the molecule is CC1Cc2ccc(OCCN)c(c2)-c2cc(ccc2OCCN)C(N(C)C(=O)CNC(=O)c2ccc(/C=C/c3ccccc3)cc2)C(=O)NCC(=O)N1. The van der Waals surface area contributed by atoms with Crippen molar-refractivity contribution in [2.45, 2.75) is 25.4 Å². The van der Waals surface area contributed by atoms with Crippen LogP contribution in [0.1, 0.15) is 45.6 Å². The zero-order valence-electron chi connectivity index (χ0n) is 30.0. The third-order valence-electron chi connectivity index (χ3n) is 8.65. The largest absolute Gasteiger partial charge is 0.492 e. The van der Waals surface area contributed by atoms with Gasteiger partial charge in [-0.2, -0.15) is 0 Å². The highest BCUT2D eigenvalue weighted by Gasteiger charge is 2.31.